The maximum absolute atomic E-state index is 11.0. The Hall–Kier alpha value is -1.12. The van der Waals surface area contributed by atoms with Gasteiger partial charge in [-0.05, 0) is 12.0 Å². The van der Waals surface area contributed by atoms with Gasteiger partial charge in [-0.3, -0.25) is 4.79 Å². The van der Waals surface area contributed by atoms with Crippen molar-refractivity contribution in [2.75, 3.05) is 0 Å². The van der Waals surface area contributed by atoms with Gasteiger partial charge in [-0.15, -0.1) is 0 Å². The number of carboxylic acids is 1. The van der Waals surface area contributed by atoms with Crippen LogP contribution in [-0.4, -0.2) is 16.9 Å². The quantitative estimate of drug-likeness (QED) is 0.638. The van der Waals surface area contributed by atoms with Gasteiger partial charge < -0.3 is 5.11 Å². The van der Waals surface area contributed by atoms with Crippen LogP contribution in [0.4, 0.5) is 0 Å². The summed E-state index contributed by atoms with van der Waals surface area (Å²) >= 11 is 0. The van der Waals surface area contributed by atoms with Crippen molar-refractivity contribution in [1.82, 2.24) is 0 Å². The number of ketones is 1. The summed E-state index contributed by atoms with van der Waals surface area (Å²) in [5, 5.41) is 8.21. The first-order valence-electron chi connectivity index (χ1n) is 4.00. The lowest BCUT2D eigenvalue weighted by Crippen LogP contribution is -2.02. The number of allylic oxidation sites excluding steroid dienone is 1. The van der Waals surface area contributed by atoms with Gasteiger partial charge >= 0.3 is 5.97 Å². The van der Waals surface area contributed by atoms with Crippen LogP contribution in [0, 0.1) is 5.92 Å². The van der Waals surface area contributed by atoms with Gasteiger partial charge in [-0.25, -0.2) is 4.79 Å². The van der Waals surface area contributed by atoms with Crippen molar-refractivity contribution >= 4 is 11.8 Å². The molecule has 0 saturated carbocycles. The van der Waals surface area contributed by atoms with Crippen LogP contribution in [0.1, 0.15) is 26.7 Å². The normalized spacial score (nSPS) is 13.2. The van der Waals surface area contributed by atoms with Crippen molar-refractivity contribution in [3.8, 4) is 0 Å². The summed E-state index contributed by atoms with van der Waals surface area (Å²) in [7, 11) is 0. The summed E-state index contributed by atoms with van der Waals surface area (Å²) in [5.74, 6) is -0.866. The molecule has 0 spiro atoms. The molecular formula is C9H14O3. The molecule has 0 heterocycles. The lowest BCUT2D eigenvalue weighted by atomic mass is 10.0. The lowest BCUT2D eigenvalue weighted by Gasteiger charge is -2.02. The minimum Gasteiger partial charge on any atom is -0.478 e. The Morgan fingerprint density at radius 1 is 1.42 bits per heavy atom. The zero-order valence-electron chi connectivity index (χ0n) is 7.41. The summed E-state index contributed by atoms with van der Waals surface area (Å²) < 4.78 is 0. The van der Waals surface area contributed by atoms with Gasteiger partial charge in [0.05, 0.1) is 0 Å². The van der Waals surface area contributed by atoms with E-state index in [4.69, 9.17) is 5.11 Å². The third-order valence-corrected chi connectivity index (χ3v) is 1.66. The third kappa shape index (κ3) is 5.65. The van der Waals surface area contributed by atoms with Crippen molar-refractivity contribution in [3.63, 3.8) is 0 Å². The van der Waals surface area contributed by atoms with Gasteiger partial charge in [0.15, 0.2) is 5.78 Å². The van der Waals surface area contributed by atoms with E-state index in [1.165, 1.54) is 0 Å². The first-order chi connectivity index (χ1) is 5.56. The molecule has 3 nitrogen and oxygen atoms in total. The molecule has 0 amide bonds. The summed E-state index contributed by atoms with van der Waals surface area (Å²) in [5.41, 5.74) is 0. The Balaban J connectivity index is 3.81. The fourth-order valence-electron chi connectivity index (χ4n) is 0.720. The van der Waals surface area contributed by atoms with E-state index in [1.54, 1.807) is 0 Å². The Morgan fingerprint density at radius 2 is 2.00 bits per heavy atom. The second kappa shape index (κ2) is 5.52. The molecule has 0 aromatic rings. The molecule has 12 heavy (non-hydrogen) atoms. The number of aliphatic carboxylic acids is 1. The minimum atomic E-state index is -1.08. The molecule has 1 atom stereocenters. The standard InChI is InChI=1S/C9H14O3/c1-3-7(2)6-8(10)4-5-9(11)12/h4-5,7H,3,6H2,1-2H3,(H,11,12). The van der Waals surface area contributed by atoms with Gasteiger partial charge in [-0.1, -0.05) is 20.3 Å². The number of hydrogen-bond donors (Lipinski definition) is 1. The van der Waals surface area contributed by atoms with E-state index >= 15 is 0 Å². The maximum Gasteiger partial charge on any atom is 0.328 e. The van der Waals surface area contributed by atoms with E-state index in [2.05, 4.69) is 0 Å². The van der Waals surface area contributed by atoms with Crippen molar-refractivity contribution < 1.29 is 14.7 Å². The van der Waals surface area contributed by atoms with Crippen LogP contribution in [-0.2, 0) is 9.59 Å². The highest BCUT2D eigenvalue weighted by Gasteiger charge is 2.03. The van der Waals surface area contributed by atoms with Crippen LogP contribution in [0.5, 0.6) is 0 Å². The van der Waals surface area contributed by atoms with Crippen LogP contribution in [0.3, 0.4) is 0 Å². The zero-order chi connectivity index (χ0) is 9.56. The van der Waals surface area contributed by atoms with Crippen molar-refractivity contribution in [1.29, 1.82) is 0 Å². The number of carbonyl (C=O) groups is 2. The third-order valence-electron chi connectivity index (χ3n) is 1.66. The Kier molecular flexibility index (Phi) is 5.00. The highest BCUT2D eigenvalue weighted by Crippen LogP contribution is 2.06. The van der Waals surface area contributed by atoms with E-state index in [0.717, 1.165) is 18.6 Å². The minimum absolute atomic E-state index is 0.119. The highest BCUT2D eigenvalue weighted by atomic mass is 16.4. The number of carbonyl (C=O) groups excluding carboxylic acids is 1. The van der Waals surface area contributed by atoms with E-state index in [9.17, 15) is 9.59 Å². The van der Waals surface area contributed by atoms with Crippen LogP contribution in [0.2, 0.25) is 0 Å². The summed E-state index contributed by atoms with van der Waals surface area (Å²) in [6.45, 7) is 3.96. The topological polar surface area (TPSA) is 54.4 Å². The van der Waals surface area contributed by atoms with E-state index in [0.29, 0.717) is 12.3 Å². The number of hydrogen-bond acceptors (Lipinski definition) is 2. The largest absolute Gasteiger partial charge is 0.478 e. The second-order valence-electron chi connectivity index (χ2n) is 2.86. The molecule has 1 N–H and O–H groups in total. The van der Waals surface area contributed by atoms with Gasteiger partial charge in [0, 0.05) is 12.5 Å². The number of carboxylic acid groups (broad SMARTS) is 1. The molecule has 0 aromatic heterocycles. The molecule has 1 unspecified atom stereocenters. The first-order valence-corrected chi connectivity index (χ1v) is 4.00. The smallest absolute Gasteiger partial charge is 0.328 e. The molecule has 0 fully saturated rings. The van der Waals surface area contributed by atoms with Gasteiger partial charge in [-0.2, -0.15) is 0 Å². The van der Waals surface area contributed by atoms with Crippen LogP contribution in [0.25, 0.3) is 0 Å². The molecule has 0 rings (SSSR count). The fraction of sp³-hybridized carbons (Fsp3) is 0.556. The Labute approximate surface area is 72.1 Å². The molecule has 0 aliphatic rings. The van der Waals surface area contributed by atoms with Crippen LogP contribution in [0.15, 0.2) is 12.2 Å². The van der Waals surface area contributed by atoms with E-state index < -0.39 is 5.97 Å². The second-order valence-corrected chi connectivity index (χ2v) is 2.86. The SMILES string of the molecule is CCC(C)CC(=O)C=CC(=O)O. The van der Waals surface area contributed by atoms with Crippen molar-refractivity contribution in [2.24, 2.45) is 5.92 Å². The maximum atomic E-state index is 11.0. The van der Waals surface area contributed by atoms with Gasteiger partial charge in [0.25, 0.3) is 0 Å². The molecular weight excluding hydrogens is 156 g/mol. The number of rotatable bonds is 5. The monoisotopic (exact) mass is 170 g/mol. The molecule has 0 aliphatic heterocycles. The van der Waals surface area contributed by atoms with E-state index in [-0.39, 0.29) is 5.78 Å². The van der Waals surface area contributed by atoms with Crippen LogP contribution < -0.4 is 0 Å². The molecule has 0 aromatic carbocycles. The van der Waals surface area contributed by atoms with Crippen molar-refractivity contribution in [3.05, 3.63) is 12.2 Å². The van der Waals surface area contributed by atoms with Gasteiger partial charge in [0.1, 0.15) is 0 Å². The molecule has 0 bridgehead atoms. The lowest BCUT2D eigenvalue weighted by molar-refractivity contribution is -0.131. The molecule has 0 aliphatic carbocycles. The summed E-state index contributed by atoms with van der Waals surface area (Å²) in [6, 6.07) is 0. The zero-order valence-corrected chi connectivity index (χ0v) is 7.41. The molecule has 68 valence electrons. The van der Waals surface area contributed by atoms with Crippen LogP contribution >= 0.6 is 0 Å². The molecule has 3 heteroatoms. The fourth-order valence-corrected chi connectivity index (χ4v) is 0.720. The van der Waals surface area contributed by atoms with E-state index in [1.807, 2.05) is 13.8 Å². The molecule has 0 saturated heterocycles. The predicted molar refractivity (Wildman–Crippen MR) is 45.9 cm³/mol. The Bertz CT molecular complexity index is 194. The van der Waals surface area contributed by atoms with Crippen molar-refractivity contribution in [2.45, 2.75) is 26.7 Å². The predicted octanol–water partition coefficient (Wildman–Crippen LogP) is 1.63. The highest BCUT2D eigenvalue weighted by molar-refractivity contribution is 5.95. The molecule has 0 radical (unpaired) electrons. The Morgan fingerprint density at radius 3 is 2.42 bits per heavy atom. The summed E-state index contributed by atoms with van der Waals surface area (Å²) in [4.78, 5) is 21.0. The summed E-state index contributed by atoms with van der Waals surface area (Å²) in [6.07, 6.45) is 3.37. The van der Waals surface area contributed by atoms with Gasteiger partial charge in [0.2, 0.25) is 0 Å². The average Bonchev–Trinajstić information content (AvgIpc) is 2.00. The average molecular weight is 170 g/mol. The first kappa shape index (κ1) is 10.9.